The van der Waals surface area contributed by atoms with E-state index in [1.807, 2.05) is 6.07 Å². The van der Waals surface area contributed by atoms with Crippen LogP contribution in [0.5, 0.6) is 0 Å². The molecule has 1 atom stereocenters. The molecule has 0 amide bonds. The predicted molar refractivity (Wildman–Crippen MR) is 84.3 cm³/mol. The van der Waals surface area contributed by atoms with Crippen LogP contribution >= 0.6 is 27.5 Å². The highest BCUT2D eigenvalue weighted by Crippen LogP contribution is 2.26. The molecular formula is C14H13BrClNO2S. The maximum Gasteiger partial charge on any atom is 0.242 e. The lowest BCUT2D eigenvalue weighted by Gasteiger charge is -2.16. The molecule has 0 saturated carbocycles. The quantitative estimate of drug-likeness (QED) is 0.874. The van der Waals surface area contributed by atoms with E-state index in [1.54, 1.807) is 49.4 Å². The minimum absolute atomic E-state index is 0.207. The van der Waals surface area contributed by atoms with Gasteiger partial charge in [-0.25, -0.2) is 13.1 Å². The Labute approximate surface area is 132 Å². The molecule has 0 spiro atoms. The lowest BCUT2D eigenvalue weighted by Crippen LogP contribution is -2.27. The van der Waals surface area contributed by atoms with Gasteiger partial charge in [-0.1, -0.05) is 41.9 Å². The summed E-state index contributed by atoms with van der Waals surface area (Å²) in [6, 6.07) is 13.4. The zero-order valence-corrected chi connectivity index (χ0v) is 13.8. The minimum Gasteiger partial charge on any atom is -0.207 e. The van der Waals surface area contributed by atoms with Crippen LogP contribution in [0.15, 0.2) is 57.9 Å². The summed E-state index contributed by atoms with van der Waals surface area (Å²) < 4.78 is 27.9. The largest absolute Gasteiger partial charge is 0.242 e. The molecule has 0 aliphatic carbocycles. The maximum absolute atomic E-state index is 12.4. The number of nitrogens with one attached hydrogen (secondary N) is 1. The monoisotopic (exact) mass is 373 g/mol. The Hall–Kier alpha value is -0.880. The van der Waals surface area contributed by atoms with Crippen LogP contribution < -0.4 is 4.72 Å². The molecule has 20 heavy (non-hydrogen) atoms. The van der Waals surface area contributed by atoms with E-state index < -0.39 is 16.1 Å². The van der Waals surface area contributed by atoms with Crippen LogP contribution in [0.4, 0.5) is 0 Å². The van der Waals surface area contributed by atoms with Crippen molar-refractivity contribution >= 4 is 37.6 Å². The second-order valence-electron chi connectivity index (χ2n) is 4.29. The third-order valence-electron chi connectivity index (χ3n) is 2.83. The van der Waals surface area contributed by atoms with E-state index in [0.29, 0.717) is 9.50 Å². The van der Waals surface area contributed by atoms with Crippen LogP contribution in [0.1, 0.15) is 18.5 Å². The Morgan fingerprint density at radius 2 is 1.70 bits per heavy atom. The first kappa shape index (κ1) is 15.5. The van der Waals surface area contributed by atoms with Gasteiger partial charge in [0.25, 0.3) is 0 Å². The molecule has 0 aromatic heterocycles. The first-order valence-electron chi connectivity index (χ1n) is 5.93. The van der Waals surface area contributed by atoms with E-state index in [1.165, 1.54) is 0 Å². The standard InChI is InChI=1S/C14H13BrClNO2S/c1-10(11-6-2-4-8-13(11)16)17-20(18,19)14-9-5-3-7-12(14)15/h2-10,17H,1H3. The molecule has 106 valence electrons. The molecule has 0 heterocycles. The summed E-state index contributed by atoms with van der Waals surface area (Å²) in [4.78, 5) is 0.207. The van der Waals surface area contributed by atoms with Gasteiger partial charge in [0.15, 0.2) is 0 Å². The van der Waals surface area contributed by atoms with Crippen molar-refractivity contribution in [2.24, 2.45) is 0 Å². The van der Waals surface area contributed by atoms with Crippen molar-refractivity contribution < 1.29 is 8.42 Å². The second kappa shape index (κ2) is 6.26. The second-order valence-corrected chi connectivity index (χ2v) is 7.24. The van der Waals surface area contributed by atoms with Crippen LogP contribution in [-0.4, -0.2) is 8.42 Å². The van der Waals surface area contributed by atoms with Gasteiger partial charge in [0, 0.05) is 15.5 Å². The molecule has 6 heteroatoms. The van der Waals surface area contributed by atoms with Gasteiger partial charge in [0.2, 0.25) is 10.0 Å². The highest BCUT2D eigenvalue weighted by Gasteiger charge is 2.21. The third-order valence-corrected chi connectivity index (χ3v) is 5.73. The lowest BCUT2D eigenvalue weighted by atomic mass is 10.1. The molecule has 0 bridgehead atoms. The van der Waals surface area contributed by atoms with Gasteiger partial charge in [0.1, 0.15) is 0 Å². The minimum atomic E-state index is -3.61. The van der Waals surface area contributed by atoms with E-state index in [2.05, 4.69) is 20.7 Å². The van der Waals surface area contributed by atoms with E-state index >= 15 is 0 Å². The van der Waals surface area contributed by atoms with E-state index in [-0.39, 0.29) is 4.90 Å². The van der Waals surface area contributed by atoms with E-state index in [0.717, 1.165) is 5.56 Å². The van der Waals surface area contributed by atoms with Gasteiger partial charge in [-0.15, -0.1) is 0 Å². The fraction of sp³-hybridized carbons (Fsp3) is 0.143. The molecule has 2 aromatic rings. The number of sulfonamides is 1. The smallest absolute Gasteiger partial charge is 0.207 e. The van der Waals surface area contributed by atoms with Crippen molar-refractivity contribution in [3.63, 3.8) is 0 Å². The van der Waals surface area contributed by atoms with Crippen LogP contribution in [0.2, 0.25) is 5.02 Å². The van der Waals surface area contributed by atoms with Crippen molar-refractivity contribution in [3.05, 3.63) is 63.6 Å². The van der Waals surface area contributed by atoms with Crippen LogP contribution in [0.3, 0.4) is 0 Å². The fourth-order valence-corrected chi connectivity index (χ4v) is 4.37. The SMILES string of the molecule is CC(NS(=O)(=O)c1ccccc1Br)c1ccccc1Cl. The van der Waals surface area contributed by atoms with Gasteiger partial charge < -0.3 is 0 Å². The molecule has 2 aromatic carbocycles. The maximum atomic E-state index is 12.4. The van der Waals surface area contributed by atoms with Gasteiger partial charge in [-0.2, -0.15) is 0 Å². The average molecular weight is 375 g/mol. The number of rotatable bonds is 4. The summed E-state index contributed by atoms with van der Waals surface area (Å²) in [6.07, 6.45) is 0. The predicted octanol–water partition coefficient (Wildman–Crippen LogP) is 4.14. The van der Waals surface area contributed by atoms with Crippen LogP contribution in [0, 0.1) is 0 Å². The van der Waals surface area contributed by atoms with E-state index in [9.17, 15) is 8.42 Å². The molecule has 2 rings (SSSR count). The summed E-state index contributed by atoms with van der Waals surface area (Å²) in [5.74, 6) is 0. The fourth-order valence-electron chi connectivity index (χ4n) is 1.85. The highest BCUT2D eigenvalue weighted by atomic mass is 79.9. The van der Waals surface area contributed by atoms with Crippen LogP contribution in [-0.2, 0) is 10.0 Å². The Kier molecular flexibility index (Phi) is 4.86. The van der Waals surface area contributed by atoms with Crippen LogP contribution in [0.25, 0.3) is 0 Å². The zero-order valence-electron chi connectivity index (χ0n) is 10.7. The highest BCUT2D eigenvalue weighted by molar-refractivity contribution is 9.10. The summed E-state index contributed by atoms with van der Waals surface area (Å²) >= 11 is 9.33. The van der Waals surface area contributed by atoms with Crippen molar-refractivity contribution in [2.75, 3.05) is 0 Å². The molecule has 1 N–H and O–H groups in total. The Morgan fingerprint density at radius 3 is 2.35 bits per heavy atom. The first-order chi connectivity index (χ1) is 9.42. The number of hydrogen-bond donors (Lipinski definition) is 1. The third kappa shape index (κ3) is 3.41. The van der Waals surface area contributed by atoms with E-state index in [4.69, 9.17) is 11.6 Å². The summed E-state index contributed by atoms with van der Waals surface area (Å²) in [5.41, 5.74) is 0.741. The van der Waals surface area contributed by atoms with Gasteiger partial charge in [-0.3, -0.25) is 0 Å². The average Bonchev–Trinajstić information content (AvgIpc) is 2.38. The van der Waals surface area contributed by atoms with Gasteiger partial charge in [-0.05, 0) is 46.6 Å². The molecule has 3 nitrogen and oxygen atoms in total. The van der Waals surface area contributed by atoms with Crippen molar-refractivity contribution in [1.29, 1.82) is 0 Å². The molecule has 0 fully saturated rings. The Balaban J connectivity index is 2.30. The Bertz CT molecular complexity index is 719. The van der Waals surface area contributed by atoms with Crippen molar-refractivity contribution in [3.8, 4) is 0 Å². The molecule has 0 saturated heterocycles. The van der Waals surface area contributed by atoms with Crippen molar-refractivity contribution in [2.45, 2.75) is 17.9 Å². The normalized spacial score (nSPS) is 13.2. The Morgan fingerprint density at radius 1 is 1.10 bits per heavy atom. The topological polar surface area (TPSA) is 46.2 Å². The summed E-state index contributed by atoms with van der Waals surface area (Å²) in [5, 5.41) is 0.537. The number of benzene rings is 2. The molecule has 0 aliphatic rings. The molecular weight excluding hydrogens is 362 g/mol. The molecule has 0 aliphatic heterocycles. The summed E-state index contributed by atoms with van der Waals surface area (Å²) in [7, 11) is -3.61. The molecule has 1 unspecified atom stereocenters. The zero-order chi connectivity index (χ0) is 14.8. The molecule has 0 radical (unpaired) electrons. The number of hydrogen-bond acceptors (Lipinski definition) is 2. The first-order valence-corrected chi connectivity index (χ1v) is 8.58. The summed E-state index contributed by atoms with van der Waals surface area (Å²) in [6.45, 7) is 1.76. The number of halogens is 2. The lowest BCUT2D eigenvalue weighted by molar-refractivity contribution is 0.566. The van der Waals surface area contributed by atoms with Crippen molar-refractivity contribution in [1.82, 2.24) is 4.72 Å². The van der Waals surface area contributed by atoms with Gasteiger partial charge >= 0.3 is 0 Å². The van der Waals surface area contributed by atoms with Gasteiger partial charge in [0.05, 0.1) is 4.90 Å².